The van der Waals surface area contributed by atoms with Crippen molar-refractivity contribution in [3.05, 3.63) is 216 Å². The van der Waals surface area contributed by atoms with Crippen LogP contribution in [0.5, 0.6) is 0 Å². The van der Waals surface area contributed by atoms with Gasteiger partial charge in [0.15, 0.2) is 11.6 Å². The van der Waals surface area contributed by atoms with Crippen LogP contribution in [0.15, 0.2) is 182 Å². The van der Waals surface area contributed by atoms with Gasteiger partial charge < -0.3 is 9.80 Å². The summed E-state index contributed by atoms with van der Waals surface area (Å²) in [4.78, 5) is 3.52. The molecule has 0 heterocycles. The van der Waals surface area contributed by atoms with Gasteiger partial charge in [-0.3, -0.25) is 0 Å². The SMILES string of the molecule is N#Cc1ccc(N(c2c(F)cc(F)cc2-c2ccccc2)c2ccc3ccc4c(N(c5ccc(C#N)cc5)c5c(F)cc(F)cc5-c5ccccc5)ccc5ccc2c3c54)cc1. The van der Waals surface area contributed by atoms with Crippen molar-refractivity contribution in [1.29, 1.82) is 10.5 Å². The maximum atomic E-state index is 16.7. The van der Waals surface area contributed by atoms with Crippen LogP contribution in [0.3, 0.4) is 0 Å². The number of halogens is 4. The highest BCUT2D eigenvalue weighted by molar-refractivity contribution is 6.28. The van der Waals surface area contributed by atoms with Crippen molar-refractivity contribution < 1.29 is 17.6 Å². The van der Waals surface area contributed by atoms with Crippen LogP contribution in [-0.2, 0) is 0 Å². The molecule has 0 N–H and O–H groups in total. The van der Waals surface area contributed by atoms with Gasteiger partial charge in [-0.25, -0.2) is 17.6 Å². The molecule has 0 aliphatic heterocycles. The first-order valence-electron chi connectivity index (χ1n) is 19.7. The maximum Gasteiger partial charge on any atom is 0.150 e. The Labute approximate surface area is 353 Å². The quantitative estimate of drug-likeness (QED) is 0.113. The summed E-state index contributed by atoms with van der Waals surface area (Å²) in [6, 6.07) is 56.0. The van der Waals surface area contributed by atoms with Gasteiger partial charge in [0.05, 0.1) is 46.0 Å². The van der Waals surface area contributed by atoms with Crippen molar-refractivity contribution in [2.45, 2.75) is 0 Å². The van der Waals surface area contributed by atoms with Crippen LogP contribution < -0.4 is 9.80 Å². The molecule has 0 fully saturated rings. The van der Waals surface area contributed by atoms with Gasteiger partial charge in [0.2, 0.25) is 0 Å². The second-order valence-corrected chi connectivity index (χ2v) is 14.9. The minimum atomic E-state index is -0.783. The van der Waals surface area contributed by atoms with Crippen LogP contribution in [0.25, 0.3) is 54.6 Å². The Morgan fingerprint density at radius 2 is 0.758 bits per heavy atom. The lowest BCUT2D eigenvalue weighted by atomic mass is 9.91. The Kier molecular flexibility index (Phi) is 9.32. The molecule has 0 atom stereocenters. The molecule has 0 bridgehead atoms. The molecule has 4 nitrogen and oxygen atoms in total. The third-order valence-corrected chi connectivity index (χ3v) is 11.3. The molecule has 0 saturated heterocycles. The minimum absolute atomic E-state index is 0.116. The summed E-state index contributed by atoms with van der Waals surface area (Å²) in [5, 5.41) is 24.3. The van der Waals surface area contributed by atoms with Gasteiger partial charge in [-0.1, -0.05) is 97.1 Å². The fraction of sp³-hybridized carbons (Fsp3) is 0. The van der Waals surface area contributed by atoms with E-state index in [4.69, 9.17) is 0 Å². The summed E-state index contributed by atoms with van der Waals surface area (Å²) in [5.41, 5.74) is 5.18. The summed E-state index contributed by atoms with van der Waals surface area (Å²) >= 11 is 0. The van der Waals surface area contributed by atoms with Crippen LogP contribution in [0.1, 0.15) is 11.1 Å². The number of nitriles is 2. The summed E-state index contributed by atoms with van der Waals surface area (Å²) in [5.74, 6) is -3.02. The van der Waals surface area contributed by atoms with E-state index in [2.05, 4.69) is 12.1 Å². The monoisotopic (exact) mass is 810 g/mol. The average molecular weight is 811 g/mol. The van der Waals surface area contributed by atoms with Crippen LogP contribution in [-0.4, -0.2) is 0 Å². The number of hydrogen-bond donors (Lipinski definition) is 0. The molecular formula is C54H30F4N4. The Morgan fingerprint density at radius 3 is 1.13 bits per heavy atom. The van der Waals surface area contributed by atoms with Crippen molar-refractivity contribution in [3.8, 4) is 34.4 Å². The number of benzene rings is 10. The second kappa shape index (κ2) is 15.3. The Balaban J connectivity index is 1.27. The first-order chi connectivity index (χ1) is 30.3. The number of nitrogens with zero attached hydrogens (tertiary/aromatic N) is 4. The fourth-order valence-electron chi connectivity index (χ4n) is 8.57. The molecule has 0 amide bonds. The molecule has 0 aliphatic carbocycles. The van der Waals surface area contributed by atoms with E-state index in [1.807, 2.05) is 84.9 Å². The first-order valence-corrected chi connectivity index (χ1v) is 19.7. The fourth-order valence-corrected chi connectivity index (χ4v) is 8.57. The topological polar surface area (TPSA) is 54.1 Å². The summed E-state index contributed by atoms with van der Waals surface area (Å²) in [6.07, 6.45) is 0. The highest BCUT2D eigenvalue weighted by atomic mass is 19.1. The van der Waals surface area contributed by atoms with Gasteiger partial charge in [0, 0.05) is 45.4 Å². The predicted octanol–water partition coefficient (Wildman–Crippen LogP) is 15.2. The highest BCUT2D eigenvalue weighted by Crippen LogP contribution is 2.51. The summed E-state index contributed by atoms with van der Waals surface area (Å²) in [6.45, 7) is 0. The lowest BCUT2D eigenvalue weighted by molar-refractivity contribution is 0.584. The van der Waals surface area contributed by atoms with Gasteiger partial charge in [0.1, 0.15) is 11.6 Å². The van der Waals surface area contributed by atoms with E-state index in [9.17, 15) is 10.5 Å². The van der Waals surface area contributed by atoms with Crippen molar-refractivity contribution in [2.24, 2.45) is 0 Å². The van der Waals surface area contributed by atoms with Crippen LogP contribution in [0.4, 0.5) is 51.7 Å². The molecular weight excluding hydrogens is 781 g/mol. The molecule has 62 heavy (non-hydrogen) atoms. The van der Waals surface area contributed by atoms with E-state index in [0.717, 1.165) is 44.5 Å². The number of rotatable bonds is 8. The standard InChI is InChI=1S/C54H30F4N4/c55-39-27-45(35-7-3-1-4-8-35)53(47(57)29-39)61(41-19-11-33(31-59)12-20-41)49-25-17-37-16-24-44-50(26-18-38-15-23-43(49)51(37)52(38)44)62(42-21-13-34(32-60)14-22-42)54-46(28-40(56)30-48(54)58)36-9-5-2-6-10-36/h1-30H. The summed E-state index contributed by atoms with van der Waals surface area (Å²) < 4.78 is 63.7. The van der Waals surface area contributed by atoms with E-state index in [1.165, 1.54) is 12.1 Å². The largest absolute Gasteiger partial charge is 0.307 e. The third-order valence-electron chi connectivity index (χ3n) is 11.3. The average Bonchev–Trinajstić information content (AvgIpc) is 3.31. The Bertz CT molecular complexity index is 3180. The molecule has 10 aromatic rings. The second-order valence-electron chi connectivity index (χ2n) is 14.9. The normalized spacial score (nSPS) is 11.2. The van der Waals surface area contributed by atoms with E-state index in [-0.39, 0.29) is 11.4 Å². The number of hydrogen-bond acceptors (Lipinski definition) is 4. The maximum absolute atomic E-state index is 16.7. The molecule has 0 unspecified atom stereocenters. The van der Waals surface area contributed by atoms with Gasteiger partial charge in [-0.05, 0) is 105 Å². The Morgan fingerprint density at radius 1 is 0.387 bits per heavy atom. The molecule has 294 valence electrons. The van der Waals surface area contributed by atoms with E-state index >= 15 is 17.6 Å². The van der Waals surface area contributed by atoms with Crippen LogP contribution >= 0.6 is 0 Å². The molecule has 10 rings (SSSR count). The highest BCUT2D eigenvalue weighted by Gasteiger charge is 2.28. The van der Waals surface area contributed by atoms with Gasteiger partial charge in [-0.2, -0.15) is 10.5 Å². The minimum Gasteiger partial charge on any atom is -0.307 e. The lowest BCUT2D eigenvalue weighted by Crippen LogP contribution is -2.15. The van der Waals surface area contributed by atoms with Crippen molar-refractivity contribution >= 4 is 66.4 Å². The van der Waals surface area contributed by atoms with Crippen molar-refractivity contribution in [2.75, 3.05) is 9.80 Å². The number of anilines is 6. The van der Waals surface area contributed by atoms with Gasteiger partial charge in [0.25, 0.3) is 0 Å². The van der Waals surface area contributed by atoms with Gasteiger partial charge in [-0.15, -0.1) is 0 Å². The Hall–Kier alpha value is -8.46. The lowest BCUT2D eigenvalue weighted by Gasteiger charge is -2.31. The summed E-state index contributed by atoms with van der Waals surface area (Å²) in [7, 11) is 0. The van der Waals surface area contributed by atoms with Gasteiger partial charge >= 0.3 is 0 Å². The zero-order valence-electron chi connectivity index (χ0n) is 32.6. The van der Waals surface area contributed by atoms with Crippen molar-refractivity contribution in [1.82, 2.24) is 0 Å². The molecule has 0 spiro atoms. The van der Waals surface area contributed by atoms with E-state index in [1.54, 1.807) is 82.6 Å². The predicted molar refractivity (Wildman–Crippen MR) is 240 cm³/mol. The van der Waals surface area contributed by atoms with E-state index < -0.39 is 23.3 Å². The molecule has 0 aromatic heterocycles. The van der Waals surface area contributed by atoms with Crippen molar-refractivity contribution in [3.63, 3.8) is 0 Å². The zero-order valence-corrected chi connectivity index (χ0v) is 32.6. The zero-order chi connectivity index (χ0) is 42.5. The molecule has 10 aromatic carbocycles. The molecule has 0 aliphatic rings. The molecule has 0 saturated carbocycles. The molecule has 0 radical (unpaired) electrons. The molecule has 8 heteroatoms. The van der Waals surface area contributed by atoms with E-state index in [0.29, 0.717) is 56.1 Å². The van der Waals surface area contributed by atoms with Crippen LogP contribution in [0.2, 0.25) is 0 Å². The first kappa shape index (κ1) is 37.8. The smallest absolute Gasteiger partial charge is 0.150 e. The van der Waals surface area contributed by atoms with Crippen LogP contribution in [0, 0.1) is 45.9 Å². The third kappa shape index (κ3) is 6.39.